The summed E-state index contributed by atoms with van der Waals surface area (Å²) in [6.07, 6.45) is 2.41. The van der Waals surface area contributed by atoms with Crippen molar-refractivity contribution in [2.75, 3.05) is 24.5 Å². The number of rotatable bonds is 9. The van der Waals surface area contributed by atoms with Crippen molar-refractivity contribution in [3.8, 4) is 0 Å². The monoisotopic (exact) mass is 283 g/mol. The lowest BCUT2D eigenvalue weighted by atomic mass is 10.1. The topological polar surface area (TPSA) is 28.2 Å². The maximum Gasteiger partial charge on any atom is 0.185 e. The van der Waals surface area contributed by atoms with Crippen LogP contribution in [0.5, 0.6) is 0 Å². The summed E-state index contributed by atoms with van der Waals surface area (Å²) in [5.41, 5.74) is 1.19. The summed E-state index contributed by atoms with van der Waals surface area (Å²) in [7, 11) is 0. The SMILES string of the molecule is CCCNCc1sc(N(CC)CC(C)CC)nc1C. The Hall–Kier alpha value is -0.610. The molecule has 0 amide bonds. The molecule has 0 aliphatic heterocycles. The molecule has 1 aromatic rings. The summed E-state index contributed by atoms with van der Waals surface area (Å²) >= 11 is 1.85. The first kappa shape index (κ1) is 16.4. The maximum atomic E-state index is 4.75. The quantitative estimate of drug-likeness (QED) is 0.698. The van der Waals surface area contributed by atoms with Gasteiger partial charge in [-0.05, 0) is 32.7 Å². The molecule has 0 radical (unpaired) electrons. The van der Waals surface area contributed by atoms with E-state index in [0.717, 1.165) is 32.1 Å². The maximum absolute atomic E-state index is 4.75. The summed E-state index contributed by atoms with van der Waals surface area (Å²) < 4.78 is 0. The van der Waals surface area contributed by atoms with Crippen molar-refractivity contribution in [1.82, 2.24) is 10.3 Å². The molecule has 1 aromatic heterocycles. The van der Waals surface area contributed by atoms with Crippen LogP contribution < -0.4 is 10.2 Å². The van der Waals surface area contributed by atoms with Gasteiger partial charge < -0.3 is 10.2 Å². The third kappa shape index (κ3) is 5.11. The van der Waals surface area contributed by atoms with Gasteiger partial charge in [0.25, 0.3) is 0 Å². The van der Waals surface area contributed by atoms with Gasteiger partial charge in [-0.25, -0.2) is 4.98 Å². The summed E-state index contributed by atoms with van der Waals surface area (Å²) in [4.78, 5) is 8.54. The van der Waals surface area contributed by atoms with E-state index in [9.17, 15) is 0 Å². The van der Waals surface area contributed by atoms with Gasteiger partial charge in [-0.15, -0.1) is 11.3 Å². The highest BCUT2D eigenvalue weighted by atomic mass is 32.1. The van der Waals surface area contributed by atoms with E-state index >= 15 is 0 Å². The fraction of sp³-hybridized carbons (Fsp3) is 0.800. The summed E-state index contributed by atoms with van der Waals surface area (Å²) in [6.45, 7) is 15.3. The van der Waals surface area contributed by atoms with Gasteiger partial charge in [-0.2, -0.15) is 0 Å². The zero-order chi connectivity index (χ0) is 14.3. The second-order valence-corrected chi connectivity index (χ2v) is 6.30. The molecule has 0 saturated carbocycles. The molecule has 0 bridgehead atoms. The number of nitrogens with zero attached hydrogens (tertiary/aromatic N) is 2. The minimum absolute atomic E-state index is 0.728. The van der Waals surface area contributed by atoms with Crippen molar-refractivity contribution < 1.29 is 0 Å². The van der Waals surface area contributed by atoms with E-state index in [-0.39, 0.29) is 0 Å². The molecule has 0 saturated heterocycles. The van der Waals surface area contributed by atoms with Crippen LogP contribution in [-0.4, -0.2) is 24.6 Å². The Kier molecular flexibility index (Phi) is 7.39. The number of aryl methyl sites for hydroxylation is 1. The van der Waals surface area contributed by atoms with Gasteiger partial charge >= 0.3 is 0 Å². The van der Waals surface area contributed by atoms with Crippen molar-refractivity contribution in [2.24, 2.45) is 5.92 Å². The van der Waals surface area contributed by atoms with Crippen LogP contribution in [-0.2, 0) is 6.54 Å². The third-order valence-corrected chi connectivity index (χ3v) is 4.69. The molecule has 4 heteroatoms. The van der Waals surface area contributed by atoms with Crippen LogP contribution in [0, 0.1) is 12.8 Å². The molecule has 1 atom stereocenters. The van der Waals surface area contributed by atoms with Crippen LogP contribution in [0.4, 0.5) is 5.13 Å². The largest absolute Gasteiger partial charge is 0.348 e. The van der Waals surface area contributed by atoms with Crippen LogP contribution >= 0.6 is 11.3 Å². The highest BCUT2D eigenvalue weighted by Crippen LogP contribution is 2.26. The first-order chi connectivity index (χ1) is 9.12. The Morgan fingerprint density at radius 1 is 1.32 bits per heavy atom. The number of thiazole rings is 1. The van der Waals surface area contributed by atoms with E-state index in [2.05, 4.69) is 44.8 Å². The first-order valence-electron chi connectivity index (χ1n) is 7.54. The van der Waals surface area contributed by atoms with Gasteiger partial charge in [-0.1, -0.05) is 27.2 Å². The molecule has 0 aromatic carbocycles. The van der Waals surface area contributed by atoms with E-state index in [4.69, 9.17) is 4.98 Å². The van der Waals surface area contributed by atoms with Gasteiger partial charge in [-0.3, -0.25) is 0 Å². The lowest BCUT2D eigenvalue weighted by molar-refractivity contribution is 0.547. The van der Waals surface area contributed by atoms with Gasteiger partial charge in [0, 0.05) is 24.5 Å². The standard InChI is InChI=1S/C15H29N3S/c1-6-9-16-10-14-13(5)17-15(19-14)18(8-3)11-12(4)7-2/h12,16H,6-11H2,1-5H3. The number of nitrogens with one attached hydrogen (secondary N) is 1. The molecule has 1 unspecified atom stereocenters. The molecule has 110 valence electrons. The predicted octanol–water partition coefficient (Wildman–Crippen LogP) is 3.82. The van der Waals surface area contributed by atoms with Crippen LogP contribution in [0.1, 0.15) is 51.1 Å². The van der Waals surface area contributed by atoms with Gasteiger partial charge in [0.1, 0.15) is 0 Å². The molecule has 19 heavy (non-hydrogen) atoms. The van der Waals surface area contributed by atoms with Crippen LogP contribution in [0.15, 0.2) is 0 Å². The van der Waals surface area contributed by atoms with Crippen LogP contribution in [0.3, 0.4) is 0 Å². The number of hydrogen-bond donors (Lipinski definition) is 1. The Labute approximate surface area is 122 Å². The molecule has 3 nitrogen and oxygen atoms in total. The zero-order valence-electron chi connectivity index (χ0n) is 13.1. The van der Waals surface area contributed by atoms with E-state index in [1.165, 1.54) is 28.5 Å². The molecule has 1 heterocycles. The van der Waals surface area contributed by atoms with E-state index < -0.39 is 0 Å². The molecule has 1 rings (SSSR count). The molecule has 0 spiro atoms. The smallest absolute Gasteiger partial charge is 0.185 e. The number of aromatic nitrogens is 1. The van der Waals surface area contributed by atoms with E-state index in [0.29, 0.717) is 0 Å². The predicted molar refractivity (Wildman–Crippen MR) is 86.2 cm³/mol. The summed E-state index contributed by atoms with van der Waals surface area (Å²) in [6, 6.07) is 0. The van der Waals surface area contributed by atoms with Crippen molar-refractivity contribution in [3.05, 3.63) is 10.6 Å². The average Bonchev–Trinajstić information content (AvgIpc) is 2.77. The Balaban J connectivity index is 2.68. The fourth-order valence-corrected chi connectivity index (χ4v) is 3.04. The van der Waals surface area contributed by atoms with Crippen molar-refractivity contribution in [1.29, 1.82) is 0 Å². The minimum atomic E-state index is 0.728. The zero-order valence-corrected chi connectivity index (χ0v) is 13.9. The summed E-state index contributed by atoms with van der Waals surface area (Å²) in [5, 5.41) is 4.65. The second kappa shape index (κ2) is 8.54. The Bertz CT molecular complexity index is 362. The average molecular weight is 283 g/mol. The van der Waals surface area contributed by atoms with Gasteiger partial charge in [0.2, 0.25) is 0 Å². The van der Waals surface area contributed by atoms with Crippen LogP contribution in [0.25, 0.3) is 0 Å². The molecular weight excluding hydrogens is 254 g/mol. The molecule has 1 N–H and O–H groups in total. The Morgan fingerprint density at radius 2 is 2.05 bits per heavy atom. The first-order valence-corrected chi connectivity index (χ1v) is 8.35. The molecular formula is C15H29N3S. The number of hydrogen-bond acceptors (Lipinski definition) is 4. The van der Waals surface area contributed by atoms with Crippen molar-refractivity contribution in [2.45, 2.75) is 54.0 Å². The van der Waals surface area contributed by atoms with Gasteiger partial charge in [0.05, 0.1) is 5.69 Å². The number of anilines is 1. The lowest BCUT2D eigenvalue weighted by Crippen LogP contribution is -2.27. The summed E-state index contributed by atoms with van der Waals surface area (Å²) in [5.74, 6) is 0.728. The van der Waals surface area contributed by atoms with E-state index in [1.807, 2.05) is 11.3 Å². The lowest BCUT2D eigenvalue weighted by Gasteiger charge is -2.23. The van der Waals surface area contributed by atoms with Crippen LogP contribution in [0.2, 0.25) is 0 Å². The molecule has 0 aliphatic rings. The molecule has 0 fully saturated rings. The minimum Gasteiger partial charge on any atom is -0.348 e. The second-order valence-electron chi connectivity index (χ2n) is 5.23. The highest BCUT2D eigenvalue weighted by molar-refractivity contribution is 7.15. The van der Waals surface area contributed by atoms with Crippen molar-refractivity contribution >= 4 is 16.5 Å². The van der Waals surface area contributed by atoms with Crippen molar-refractivity contribution in [3.63, 3.8) is 0 Å². The fourth-order valence-electron chi connectivity index (χ4n) is 1.94. The van der Waals surface area contributed by atoms with Gasteiger partial charge in [0.15, 0.2) is 5.13 Å². The Morgan fingerprint density at radius 3 is 2.63 bits per heavy atom. The third-order valence-electron chi connectivity index (χ3n) is 3.47. The van der Waals surface area contributed by atoms with E-state index in [1.54, 1.807) is 0 Å². The normalized spacial score (nSPS) is 12.7. The molecule has 0 aliphatic carbocycles. The highest BCUT2D eigenvalue weighted by Gasteiger charge is 2.14.